The highest BCUT2D eigenvalue weighted by Crippen LogP contribution is 2.29. The van der Waals surface area contributed by atoms with E-state index in [0.29, 0.717) is 30.4 Å². The third kappa shape index (κ3) is 4.73. The van der Waals surface area contributed by atoms with E-state index in [9.17, 15) is 14.4 Å². The first-order valence-electron chi connectivity index (χ1n) is 9.60. The van der Waals surface area contributed by atoms with Crippen LogP contribution in [0.15, 0.2) is 29.1 Å². The van der Waals surface area contributed by atoms with Crippen molar-refractivity contribution in [1.29, 1.82) is 0 Å². The standard InChI is InChI=1S/C21H25IN2O5/c1-5-28-19(26)17-11-18(25)15-10-13(22)6-7-16(15)24(17)14-8-9-23(12-14)20(27)29-21(2,3)4/h6-7,10-11,14H,5,8-9,12H2,1-4H3/t14-/m0/s1. The Morgan fingerprint density at radius 3 is 2.62 bits per heavy atom. The average Bonchev–Trinajstić information content (AvgIpc) is 3.10. The van der Waals surface area contributed by atoms with Gasteiger partial charge in [-0.25, -0.2) is 9.59 Å². The molecule has 0 bridgehead atoms. The number of amides is 1. The van der Waals surface area contributed by atoms with E-state index in [4.69, 9.17) is 9.47 Å². The number of pyridine rings is 1. The van der Waals surface area contributed by atoms with Crippen LogP contribution in [-0.4, -0.2) is 46.8 Å². The molecule has 3 rings (SSSR count). The average molecular weight is 512 g/mol. The predicted octanol–water partition coefficient (Wildman–Crippen LogP) is 3.96. The molecule has 1 atom stereocenters. The summed E-state index contributed by atoms with van der Waals surface area (Å²) in [6, 6.07) is 6.73. The molecular weight excluding hydrogens is 487 g/mol. The van der Waals surface area contributed by atoms with Crippen LogP contribution in [0.25, 0.3) is 10.9 Å². The molecule has 2 aromatic rings. The van der Waals surface area contributed by atoms with Crippen LogP contribution in [0.2, 0.25) is 0 Å². The van der Waals surface area contributed by atoms with Gasteiger partial charge in [0.05, 0.1) is 18.2 Å². The Morgan fingerprint density at radius 2 is 1.97 bits per heavy atom. The van der Waals surface area contributed by atoms with E-state index in [-0.39, 0.29) is 29.9 Å². The molecule has 0 aliphatic carbocycles. The minimum absolute atomic E-state index is 0.162. The first kappa shape index (κ1) is 21.6. The number of ether oxygens (including phenoxy) is 2. The van der Waals surface area contributed by atoms with E-state index in [0.717, 1.165) is 3.57 Å². The molecule has 1 aromatic heterocycles. The highest BCUT2D eigenvalue weighted by atomic mass is 127. The van der Waals surface area contributed by atoms with Gasteiger partial charge in [0.1, 0.15) is 11.3 Å². The van der Waals surface area contributed by atoms with E-state index < -0.39 is 11.6 Å². The van der Waals surface area contributed by atoms with E-state index in [2.05, 4.69) is 22.6 Å². The summed E-state index contributed by atoms with van der Waals surface area (Å²) in [7, 11) is 0. The normalized spacial score (nSPS) is 16.9. The van der Waals surface area contributed by atoms with Crippen LogP contribution in [0.3, 0.4) is 0 Å². The number of hydrogen-bond acceptors (Lipinski definition) is 5. The van der Waals surface area contributed by atoms with Gasteiger partial charge >= 0.3 is 12.1 Å². The molecule has 1 saturated heterocycles. The van der Waals surface area contributed by atoms with Crippen molar-refractivity contribution in [2.45, 2.75) is 45.8 Å². The van der Waals surface area contributed by atoms with E-state index >= 15 is 0 Å². The largest absolute Gasteiger partial charge is 0.461 e. The lowest BCUT2D eigenvalue weighted by Gasteiger charge is -2.25. The maximum absolute atomic E-state index is 12.6. The van der Waals surface area contributed by atoms with Gasteiger partial charge in [0.2, 0.25) is 0 Å². The first-order valence-corrected chi connectivity index (χ1v) is 10.7. The SMILES string of the molecule is CCOC(=O)c1cc(=O)c2cc(I)ccc2n1[C@H]1CCN(C(=O)OC(C)(C)C)C1. The zero-order valence-electron chi connectivity index (χ0n) is 17.0. The van der Waals surface area contributed by atoms with Crippen molar-refractivity contribution in [3.8, 4) is 0 Å². The number of halogens is 1. The molecule has 0 spiro atoms. The Hall–Kier alpha value is -2.10. The van der Waals surface area contributed by atoms with Crippen molar-refractivity contribution in [1.82, 2.24) is 9.47 Å². The summed E-state index contributed by atoms with van der Waals surface area (Å²) in [6.07, 6.45) is 0.271. The Labute approximate surface area is 183 Å². The van der Waals surface area contributed by atoms with Crippen LogP contribution in [-0.2, 0) is 9.47 Å². The molecule has 0 saturated carbocycles. The highest BCUT2D eigenvalue weighted by molar-refractivity contribution is 14.1. The summed E-state index contributed by atoms with van der Waals surface area (Å²) in [5.74, 6) is -0.541. The molecule has 0 radical (unpaired) electrons. The molecule has 7 nitrogen and oxygen atoms in total. The van der Waals surface area contributed by atoms with Crippen LogP contribution >= 0.6 is 22.6 Å². The number of carbonyl (C=O) groups excluding carboxylic acids is 2. The second kappa shape index (κ2) is 8.33. The van der Waals surface area contributed by atoms with Crippen molar-refractivity contribution in [2.24, 2.45) is 0 Å². The van der Waals surface area contributed by atoms with Crippen LogP contribution in [0.4, 0.5) is 4.79 Å². The number of hydrogen-bond donors (Lipinski definition) is 0. The molecular formula is C21H25IN2O5. The monoisotopic (exact) mass is 512 g/mol. The summed E-state index contributed by atoms with van der Waals surface area (Å²) in [6.45, 7) is 8.33. The van der Waals surface area contributed by atoms with Gasteiger partial charge in [0.15, 0.2) is 5.43 Å². The number of fused-ring (bicyclic) bond motifs is 1. The quantitative estimate of drug-likeness (QED) is 0.460. The van der Waals surface area contributed by atoms with Gasteiger partial charge in [-0.15, -0.1) is 0 Å². The van der Waals surface area contributed by atoms with Crippen molar-refractivity contribution in [2.75, 3.05) is 19.7 Å². The lowest BCUT2D eigenvalue weighted by atomic mass is 10.1. The first-order chi connectivity index (χ1) is 13.6. The Bertz CT molecular complexity index is 1010. The minimum atomic E-state index is -0.577. The minimum Gasteiger partial charge on any atom is -0.461 e. The molecule has 2 heterocycles. The molecule has 0 N–H and O–H groups in total. The molecule has 0 unspecified atom stereocenters. The maximum atomic E-state index is 12.6. The van der Waals surface area contributed by atoms with Gasteiger partial charge in [0.25, 0.3) is 0 Å². The van der Waals surface area contributed by atoms with Crippen LogP contribution in [0.5, 0.6) is 0 Å². The van der Waals surface area contributed by atoms with Crippen molar-refractivity contribution in [3.05, 3.63) is 43.8 Å². The van der Waals surface area contributed by atoms with E-state index in [1.54, 1.807) is 11.8 Å². The molecule has 29 heavy (non-hydrogen) atoms. The fourth-order valence-corrected chi connectivity index (χ4v) is 4.01. The molecule has 8 heteroatoms. The molecule has 156 valence electrons. The van der Waals surface area contributed by atoms with Gasteiger partial charge in [-0.05, 0) is 74.9 Å². The number of rotatable bonds is 3. The Balaban J connectivity index is 2.04. The maximum Gasteiger partial charge on any atom is 0.410 e. The zero-order valence-corrected chi connectivity index (χ0v) is 19.2. The van der Waals surface area contributed by atoms with E-state index in [1.807, 2.05) is 43.5 Å². The molecule has 1 fully saturated rings. The van der Waals surface area contributed by atoms with Gasteiger partial charge < -0.3 is 18.9 Å². The van der Waals surface area contributed by atoms with E-state index in [1.165, 1.54) is 6.07 Å². The van der Waals surface area contributed by atoms with Crippen LogP contribution in [0.1, 0.15) is 50.6 Å². The fourth-order valence-electron chi connectivity index (χ4n) is 3.52. The highest BCUT2D eigenvalue weighted by Gasteiger charge is 2.33. The summed E-state index contributed by atoms with van der Waals surface area (Å²) >= 11 is 2.15. The zero-order chi connectivity index (χ0) is 21.3. The van der Waals surface area contributed by atoms with Gasteiger partial charge in [-0.2, -0.15) is 0 Å². The van der Waals surface area contributed by atoms with Gasteiger partial charge in [-0.3, -0.25) is 4.79 Å². The fraction of sp³-hybridized carbons (Fsp3) is 0.476. The number of aromatic nitrogens is 1. The predicted molar refractivity (Wildman–Crippen MR) is 118 cm³/mol. The summed E-state index contributed by atoms with van der Waals surface area (Å²) in [5, 5.41) is 0.542. The number of benzene rings is 1. The Morgan fingerprint density at radius 1 is 1.24 bits per heavy atom. The summed E-state index contributed by atoms with van der Waals surface area (Å²) < 4.78 is 13.4. The smallest absolute Gasteiger partial charge is 0.410 e. The topological polar surface area (TPSA) is 77.8 Å². The van der Waals surface area contributed by atoms with Crippen molar-refractivity contribution >= 4 is 45.6 Å². The van der Waals surface area contributed by atoms with Crippen molar-refractivity contribution in [3.63, 3.8) is 0 Å². The molecule has 1 amide bonds. The number of likely N-dealkylation sites (tertiary alicyclic amines) is 1. The third-order valence-electron chi connectivity index (χ3n) is 4.68. The summed E-state index contributed by atoms with van der Waals surface area (Å²) in [5.41, 5.74) is 0.0739. The van der Waals surface area contributed by atoms with Crippen molar-refractivity contribution < 1.29 is 19.1 Å². The second-order valence-corrected chi connectivity index (χ2v) is 9.26. The van der Waals surface area contributed by atoms with Crippen LogP contribution in [0, 0.1) is 3.57 Å². The number of carbonyl (C=O) groups is 2. The molecule has 1 aliphatic heterocycles. The number of nitrogens with zero attached hydrogens (tertiary/aromatic N) is 2. The lowest BCUT2D eigenvalue weighted by molar-refractivity contribution is 0.0289. The lowest BCUT2D eigenvalue weighted by Crippen LogP contribution is -2.35. The van der Waals surface area contributed by atoms with Gasteiger partial charge in [0, 0.05) is 28.1 Å². The molecule has 1 aliphatic rings. The summed E-state index contributed by atoms with van der Waals surface area (Å²) in [4.78, 5) is 39.4. The molecule has 1 aromatic carbocycles. The van der Waals surface area contributed by atoms with Crippen LogP contribution < -0.4 is 5.43 Å². The Kier molecular flexibility index (Phi) is 6.21. The third-order valence-corrected chi connectivity index (χ3v) is 5.35. The van der Waals surface area contributed by atoms with Gasteiger partial charge in [-0.1, -0.05) is 0 Å². The second-order valence-electron chi connectivity index (χ2n) is 8.01. The number of esters is 1.